The zero-order chi connectivity index (χ0) is 21.6. The first-order chi connectivity index (χ1) is 14.0. The summed E-state index contributed by atoms with van der Waals surface area (Å²) in [5.74, 6) is 0.754. The average molecular weight is 399 g/mol. The summed E-state index contributed by atoms with van der Waals surface area (Å²) in [6, 6.07) is 13.2. The van der Waals surface area contributed by atoms with Gasteiger partial charge in [0.25, 0.3) is 0 Å². The first-order valence-corrected chi connectivity index (χ1v) is 9.06. The van der Waals surface area contributed by atoms with E-state index in [1.54, 1.807) is 13.2 Å². The first-order valence-electron chi connectivity index (χ1n) is 9.06. The molecule has 2 aromatic rings. The number of aryl methyl sites for hydroxylation is 1. The summed E-state index contributed by atoms with van der Waals surface area (Å²) < 4.78 is 5.22. The Morgan fingerprint density at radius 1 is 1.10 bits per heavy atom. The van der Waals surface area contributed by atoms with E-state index >= 15 is 0 Å². The molecule has 0 aromatic heterocycles. The molecule has 0 amide bonds. The number of carbonyl (C=O) groups excluding carboxylic acids is 1. The number of nitrogens with one attached hydrogen (secondary N) is 1. The van der Waals surface area contributed by atoms with Crippen molar-refractivity contribution >= 4 is 17.7 Å². The Labute approximate surface area is 172 Å². The van der Waals surface area contributed by atoms with Crippen LogP contribution in [0.2, 0.25) is 0 Å². The Morgan fingerprint density at radius 3 is 2.41 bits per heavy atom. The Balaban J connectivity index is 0.00000132. The zero-order valence-electron chi connectivity index (χ0n) is 17.9. The maximum Gasteiger partial charge on any atom is 0.172 e. The van der Waals surface area contributed by atoms with E-state index in [1.165, 1.54) is 7.11 Å². The normalized spacial score (nSPS) is 11.2. The molecule has 2 aromatic carbocycles. The first kappa shape index (κ1) is 23.8. The fourth-order valence-electron chi connectivity index (χ4n) is 2.46. The summed E-state index contributed by atoms with van der Waals surface area (Å²) in [6.45, 7) is 4.01. The van der Waals surface area contributed by atoms with Crippen LogP contribution < -0.4 is 10.1 Å². The van der Waals surface area contributed by atoms with Gasteiger partial charge in [0.15, 0.2) is 6.29 Å². The van der Waals surface area contributed by atoms with Crippen LogP contribution in [0.1, 0.15) is 29.2 Å². The monoisotopic (exact) mass is 399 g/mol. The largest absolute Gasteiger partial charge is 0.497 e. The molecule has 2 rings (SSSR count). The highest BCUT2D eigenvalue weighted by Gasteiger charge is 2.12. The number of hydrogen-bond donors (Lipinski definition) is 1. The number of ether oxygens (including phenoxy) is 1. The van der Waals surface area contributed by atoms with Crippen molar-refractivity contribution in [3.63, 3.8) is 0 Å². The number of oxime groups is 2. The fourth-order valence-corrected chi connectivity index (χ4v) is 2.46. The Hall–Kier alpha value is -3.19. The Morgan fingerprint density at radius 2 is 1.79 bits per heavy atom. The predicted molar refractivity (Wildman–Crippen MR) is 116 cm³/mol. The maximum atomic E-state index is 11.3. The van der Waals surface area contributed by atoms with Crippen LogP contribution >= 0.6 is 0 Å². The second-order valence-corrected chi connectivity index (χ2v) is 6.06. The van der Waals surface area contributed by atoms with Crippen molar-refractivity contribution in [1.82, 2.24) is 5.32 Å². The van der Waals surface area contributed by atoms with Crippen LogP contribution in [-0.2, 0) is 21.1 Å². The number of benzene rings is 2. The van der Waals surface area contributed by atoms with Crippen LogP contribution in [0.5, 0.6) is 5.75 Å². The second kappa shape index (κ2) is 13.1. The quantitative estimate of drug-likeness (QED) is 0.418. The summed E-state index contributed by atoms with van der Waals surface area (Å²) in [5.41, 5.74) is 4.31. The molecule has 0 fully saturated rings. The van der Waals surface area contributed by atoms with Gasteiger partial charge in [-0.1, -0.05) is 40.6 Å². The molecule has 0 saturated heterocycles. The van der Waals surface area contributed by atoms with Gasteiger partial charge in [-0.25, -0.2) is 0 Å². The number of hydrogen-bond acceptors (Lipinski definition) is 7. The van der Waals surface area contributed by atoms with E-state index in [4.69, 9.17) is 14.4 Å². The molecule has 7 heteroatoms. The molecule has 0 unspecified atom stereocenters. The number of aldehydes is 1. The number of carbonyl (C=O) groups is 1. The molecule has 156 valence electrons. The minimum absolute atomic E-state index is 0.208. The van der Waals surface area contributed by atoms with Gasteiger partial charge in [0.05, 0.1) is 12.8 Å². The average Bonchev–Trinajstić information content (AvgIpc) is 2.73. The Bertz CT molecular complexity index is 848. The SMILES string of the molecule is CNC.CO/N=C(/C=O)c1cccc(C)c1CO/N=C(\C)c1cccc(OC)c1. The van der Waals surface area contributed by atoms with E-state index < -0.39 is 0 Å². The smallest absolute Gasteiger partial charge is 0.172 e. The summed E-state index contributed by atoms with van der Waals surface area (Å²) >= 11 is 0. The van der Waals surface area contributed by atoms with Crippen molar-refractivity contribution < 1.29 is 19.2 Å². The van der Waals surface area contributed by atoms with Gasteiger partial charge in [0, 0.05) is 16.7 Å². The van der Waals surface area contributed by atoms with Crippen molar-refractivity contribution in [2.24, 2.45) is 10.3 Å². The van der Waals surface area contributed by atoms with E-state index in [1.807, 2.05) is 64.3 Å². The highest BCUT2D eigenvalue weighted by molar-refractivity contribution is 6.36. The fraction of sp³-hybridized carbons (Fsp3) is 0.318. The molecule has 0 saturated carbocycles. The van der Waals surface area contributed by atoms with Crippen LogP contribution in [0.4, 0.5) is 0 Å². The van der Waals surface area contributed by atoms with Crippen molar-refractivity contribution in [1.29, 1.82) is 0 Å². The van der Waals surface area contributed by atoms with Crippen LogP contribution in [0.3, 0.4) is 0 Å². The molecule has 0 atom stereocenters. The second-order valence-electron chi connectivity index (χ2n) is 6.06. The number of nitrogens with zero attached hydrogens (tertiary/aromatic N) is 2. The van der Waals surface area contributed by atoms with Crippen molar-refractivity contribution in [3.05, 3.63) is 64.7 Å². The van der Waals surface area contributed by atoms with Gasteiger partial charge in [-0.05, 0) is 45.6 Å². The van der Waals surface area contributed by atoms with Gasteiger partial charge < -0.3 is 19.7 Å². The summed E-state index contributed by atoms with van der Waals surface area (Å²) in [4.78, 5) is 21.6. The van der Waals surface area contributed by atoms with E-state index in [-0.39, 0.29) is 12.3 Å². The summed E-state index contributed by atoms with van der Waals surface area (Å²) in [5, 5.41) is 10.7. The highest BCUT2D eigenvalue weighted by atomic mass is 16.6. The molecule has 0 aliphatic heterocycles. The van der Waals surface area contributed by atoms with Gasteiger partial charge >= 0.3 is 0 Å². The number of rotatable bonds is 8. The lowest BCUT2D eigenvalue weighted by atomic mass is 9.99. The van der Waals surface area contributed by atoms with Gasteiger partial charge in [-0.2, -0.15) is 0 Å². The van der Waals surface area contributed by atoms with E-state index in [9.17, 15) is 4.79 Å². The Kier molecular flexibility index (Phi) is 10.7. The summed E-state index contributed by atoms with van der Waals surface area (Å²) in [6.07, 6.45) is 0.659. The lowest BCUT2D eigenvalue weighted by Gasteiger charge is -2.11. The van der Waals surface area contributed by atoms with Crippen LogP contribution in [0.25, 0.3) is 0 Å². The predicted octanol–water partition coefficient (Wildman–Crippen LogP) is 3.33. The standard InChI is InChI=1S/C20H22N2O4.C2H7N/c1-14-7-5-10-18(20(12-23)22-25-4)19(14)13-26-21-15(2)16-8-6-9-17(11-16)24-3;1-3-2/h5-12H,13H2,1-4H3;3H,1-2H3/b21-15+,22-20-;. The molecule has 0 radical (unpaired) electrons. The molecule has 0 aliphatic rings. The summed E-state index contributed by atoms with van der Waals surface area (Å²) in [7, 11) is 6.77. The van der Waals surface area contributed by atoms with Crippen LogP contribution in [-0.4, -0.2) is 46.0 Å². The highest BCUT2D eigenvalue weighted by Crippen LogP contribution is 2.18. The van der Waals surface area contributed by atoms with Crippen molar-refractivity contribution in [2.45, 2.75) is 20.5 Å². The minimum atomic E-state index is 0.208. The number of methoxy groups -OCH3 is 1. The lowest BCUT2D eigenvalue weighted by Crippen LogP contribution is -2.09. The van der Waals surface area contributed by atoms with Crippen molar-refractivity contribution in [2.75, 3.05) is 28.3 Å². The zero-order valence-corrected chi connectivity index (χ0v) is 17.9. The van der Waals surface area contributed by atoms with Gasteiger partial charge in [0.1, 0.15) is 25.2 Å². The van der Waals surface area contributed by atoms with Crippen LogP contribution in [0.15, 0.2) is 52.8 Å². The van der Waals surface area contributed by atoms with Crippen molar-refractivity contribution in [3.8, 4) is 5.75 Å². The van der Waals surface area contributed by atoms with Gasteiger partial charge in [0.2, 0.25) is 0 Å². The molecule has 7 nitrogen and oxygen atoms in total. The van der Waals surface area contributed by atoms with Gasteiger partial charge in [-0.15, -0.1) is 0 Å². The molecular weight excluding hydrogens is 370 g/mol. The lowest BCUT2D eigenvalue weighted by molar-refractivity contribution is -0.102. The molecule has 0 spiro atoms. The molecule has 0 aliphatic carbocycles. The topological polar surface area (TPSA) is 81.5 Å². The van der Waals surface area contributed by atoms with E-state index in [0.29, 0.717) is 11.8 Å². The molecule has 0 bridgehead atoms. The molecule has 29 heavy (non-hydrogen) atoms. The maximum absolute atomic E-state index is 11.3. The third kappa shape index (κ3) is 7.38. The van der Waals surface area contributed by atoms with Gasteiger partial charge in [-0.3, -0.25) is 4.79 Å². The van der Waals surface area contributed by atoms with E-state index in [0.717, 1.165) is 28.2 Å². The molecular formula is C22H29N3O4. The molecule has 0 heterocycles. The third-order valence-electron chi connectivity index (χ3n) is 3.89. The molecule has 1 N–H and O–H groups in total. The van der Waals surface area contributed by atoms with Crippen LogP contribution in [0, 0.1) is 6.92 Å². The minimum Gasteiger partial charge on any atom is -0.497 e. The third-order valence-corrected chi connectivity index (χ3v) is 3.89. The van der Waals surface area contributed by atoms with E-state index in [2.05, 4.69) is 15.6 Å².